The molecular formula is C30H46O2. The van der Waals surface area contributed by atoms with Crippen molar-refractivity contribution in [1.29, 1.82) is 0 Å². The fraction of sp³-hybridized carbons (Fsp3) is 0.767. The van der Waals surface area contributed by atoms with Crippen molar-refractivity contribution >= 4 is 5.97 Å². The van der Waals surface area contributed by atoms with Crippen LogP contribution in [-0.4, -0.2) is 11.6 Å². The first-order valence-electron chi connectivity index (χ1n) is 13.9. The molecule has 0 N–H and O–H groups in total. The van der Waals surface area contributed by atoms with Gasteiger partial charge in [0, 0.05) is 0 Å². The van der Waals surface area contributed by atoms with Gasteiger partial charge in [0.2, 0.25) is 0 Å². The quantitative estimate of drug-likeness (QED) is 0.254. The standard InChI is InChI=1S/C30H46O2/c1-3-5-7-9-24-10-11-27(23-24)25-12-14-26(15-13-25)28(31)32-30-20-17-29(18-21-30,19-22-30)16-8-6-4-2/h12-15,24,27H,3-11,16-23H2,1-2H3. The van der Waals surface area contributed by atoms with Crippen LogP contribution in [0.2, 0.25) is 0 Å². The van der Waals surface area contributed by atoms with Gasteiger partial charge in [-0.25, -0.2) is 4.79 Å². The molecule has 4 saturated carbocycles. The molecule has 32 heavy (non-hydrogen) atoms. The average molecular weight is 439 g/mol. The molecule has 2 heteroatoms. The predicted molar refractivity (Wildman–Crippen MR) is 133 cm³/mol. The molecule has 4 fully saturated rings. The highest BCUT2D eigenvalue weighted by atomic mass is 16.6. The van der Waals surface area contributed by atoms with Crippen LogP contribution in [0.3, 0.4) is 0 Å². The smallest absolute Gasteiger partial charge is 0.338 e. The topological polar surface area (TPSA) is 26.3 Å². The van der Waals surface area contributed by atoms with E-state index in [0.29, 0.717) is 11.3 Å². The lowest BCUT2D eigenvalue weighted by Crippen LogP contribution is -2.48. The highest BCUT2D eigenvalue weighted by Gasteiger charge is 2.50. The van der Waals surface area contributed by atoms with Crippen LogP contribution < -0.4 is 0 Å². The van der Waals surface area contributed by atoms with Crippen LogP contribution in [0.4, 0.5) is 0 Å². The molecule has 4 aliphatic carbocycles. The first-order chi connectivity index (χ1) is 15.6. The Morgan fingerprint density at radius 2 is 1.53 bits per heavy atom. The Bertz CT molecular complexity index is 709. The van der Waals surface area contributed by atoms with Crippen molar-refractivity contribution < 1.29 is 9.53 Å². The number of carbonyl (C=O) groups is 1. The summed E-state index contributed by atoms with van der Waals surface area (Å²) in [4.78, 5) is 13.0. The van der Waals surface area contributed by atoms with Crippen LogP contribution in [0.5, 0.6) is 0 Å². The molecular weight excluding hydrogens is 392 g/mol. The minimum atomic E-state index is -0.181. The molecule has 2 bridgehead atoms. The summed E-state index contributed by atoms with van der Waals surface area (Å²) < 4.78 is 6.22. The molecule has 0 amide bonds. The summed E-state index contributed by atoms with van der Waals surface area (Å²) in [6, 6.07) is 8.46. The number of hydrogen-bond donors (Lipinski definition) is 0. The van der Waals surface area contributed by atoms with E-state index < -0.39 is 0 Å². The van der Waals surface area contributed by atoms with Crippen molar-refractivity contribution in [2.45, 2.75) is 135 Å². The van der Waals surface area contributed by atoms with E-state index in [1.807, 2.05) is 12.1 Å². The van der Waals surface area contributed by atoms with Gasteiger partial charge in [-0.1, -0.05) is 70.9 Å². The summed E-state index contributed by atoms with van der Waals surface area (Å²) in [5.41, 5.74) is 2.54. The molecule has 2 unspecified atom stereocenters. The fourth-order valence-electron chi connectivity index (χ4n) is 6.98. The Morgan fingerprint density at radius 1 is 0.875 bits per heavy atom. The van der Waals surface area contributed by atoms with E-state index in [-0.39, 0.29) is 11.6 Å². The SMILES string of the molecule is CCCCCC1CCC(c2ccc(C(=O)OC34CCC(CCCCC)(CC3)CC4)cc2)C1. The third kappa shape index (κ3) is 5.60. The Kier molecular flexibility index (Phi) is 8.00. The number of esters is 1. The van der Waals surface area contributed by atoms with Gasteiger partial charge < -0.3 is 4.74 Å². The maximum Gasteiger partial charge on any atom is 0.338 e. The normalized spacial score (nSPS) is 31.7. The largest absolute Gasteiger partial charge is 0.455 e. The van der Waals surface area contributed by atoms with E-state index in [0.717, 1.165) is 30.7 Å². The summed E-state index contributed by atoms with van der Waals surface area (Å²) in [6.45, 7) is 4.57. The van der Waals surface area contributed by atoms with Gasteiger partial charge in [-0.3, -0.25) is 0 Å². The van der Waals surface area contributed by atoms with Gasteiger partial charge in [0.15, 0.2) is 0 Å². The van der Waals surface area contributed by atoms with Gasteiger partial charge >= 0.3 is 5.97 Å². The highest BCUT2D eigenvalue weighted by molar-refractivity contribution is 5.89. The minimum absolute atomic E-state index is 0.0965. The summed E-state index contributed by atoms with van der Waals surface area (Å²) in [5, 5.41) is 0. The van der Waals surface area contributed by atoms with E-state index in [1.54, 1.807) is 0 Å². The van der Waals surface area contributed by atoms with E-state index in [9.17, 15) is 4.79 Å². The van der Waals surface area contributed by atoms with Crippen LogP contribution in [0.25, 0.3) is 0 Å². The minimum Gasteiger partial charge on any atom is -0.455 e. The zero-order valence-corrected chi connectivity index (χ0v) is 20.8. The monoisotopic (exact) mass is 438 g/mol. The highest BCUT2D eigenvalue weighted by Crippen LogP contribution is 2.56. The van der Waals surface area contributed by atoms with E-state index in [1.165, 1.54) is 95.5 Å². The Morgan fingerprint density at radius 3 is 2.19 bits per heavy atom. The third-order valence-corrected chi connectivity index (χ3v) is 9.33. The second kappa shape index (κ2) is 10.7. The summed E-state index contributed by atoms with van der Waals surface area (Å²) in [5.74, 6) is 1.49. The third-order valence-electron chi connectivity index (χ3n) is 9.33. The number of unbranched alkanes of at least 4 members (excludes halogenated alkanes) is 4. The number of ether oxygens (including phenoxy) is 1. The van der Waals surface area contributed by atoms with Gasteiger partial charge in [-0.05, 0) is 99.2 Å². The number of carbonyl (C=O) groups excluding carboxylic acids is 1. The lowest BCUT2D eigenvalue weighted by atomic mass is 9.57. The Balaban J connectivity index is 1.27. The molecule has 0 aliphatic heterocycles. The molecule has 2 atom stereocenters. The summed E-state index contributed by atoms with van der Waals surface area (Å²) in [7, 11) is 0. The number of rotatable bonds is 11. The van der Waals surface area contributed by atoms with Crippen molar-refractivity contribution in [2.75, 3.05) is 0 Å². The van der Waals surface area contributed by atoms with Gasteiger partial charge in [0.1, 0.15) is 5.60 Å². The molecule has 0 spiro atoms. The Hall–Kier alpha value is -1.31. The Labute approximate surface area is 196 Å². The van der Waals surface area contributed by atoms with Crippen molar-refractivity contribution in [3.63, 3.8) is 0 Å². The molecule has 5 rings (SSSR count). The van der Waals surface area contributed by atoms with Crippen molar-refractivity contribution in [2.24, 2.45) is 11.3 Å². The maximum atomic E-state index is 13.0. The van der Waals surface area contributed by atoms with Gasteiger partial charge in [-0.2, -0.15) is 0 Å². The van der Waals surface area contributed by atoms with Crippen LogP contribution in [-0.2, 0) is 4.74 Å². The number of hydrogen-bond acceptors (Lipinski definition) is 2. The average Bonchev–Trinajstić information content (AvgIpc) is 3.30. The van der Waals surface area contributed by atoms with Crippen LogP contribution >= 0.6 is 0 Å². The van der Waals surface area contributed by atoms with Gasteiger partial charge in [-0.15, -0.1) is 0 Å². The molecule has 1 aromatic carbocycles. The van der Waals surface area contributed by atoms with Crippen LogP contribution in [0.1, 0.15) is 145 Å². The van der Waals surface area contributed by atoms with Crippen molar-refractivity contribution in [1.82, 2.24) is 0 Å². The molecule has 0 heterocycles. The van der Waals surface area contributed by atoms with Crippen LogP contribution in [0.15, 0.2) is 24.3 Å². The number of fused-ring (bicyclic) bond motifs is 3. The van der Waals surface area contributed by atoms with E-state index >= 15 is 0 Å². The first-order valence-corrected chi connectivity index (χ1v) is 13.9. The van der Waals surface area contributed by atoms with Crippen LogP contribution in [0, 0.1) is 11.3 Å². The second-order valence-electron chi connectivity index (χ2n) is 11.5. The molecule has 4 aliphatic rings. The van der Waals surface area contributed by atoms with E-state index in [4.69, 9.17) is 4.74 Å². The molecule has 0 aromatic heterocycles. The molecule has 0 radical (unpaired) electrons. The molecule has 0 saturated heterocycles. The fourth-order valence-corrected chi connectivity index (χ4v) is 6.98. The summed E-state index contributed by atoms with van der Waals surface area (Å²) in [6.07, 6.45) is 21.9. The lowest BCUT2D eigenvalue weighted by Gasteiger charge is -2.53. The van der Waals surface area contributed by atoms with Gasteiger partial charge in [0.05, 0.1) is 5.56 Å². The van der Waals surface area contributed by atoms with Gasteiger partial charge in [0.25, 0.3) is 0 Å². The van der Waals surface area contributed by atoms with Crippen molar-refractivity contribution in [3.05, 3.63) is 35.4 Å². The summed E-state index contributed by atoms with van der Waals surface area (Å²) >= 11 is 0. The maximum absolute atomic E-state index is 13.0. The molecule has 2 nitrogen and oxygen atoms in total. The molecule has 178 valence electrons. The predicted octanol–water partition coefficient (Wildman–Crippen LogP) is 8.98. The first kappa shape index (κ1) is 23.8. The zero-order chi connectivity index (χ0) is 22.4. The lowest BCUT2D eigenvalue weighted by molar-refractivity contribution is -0.106. The zero-order valence-electron chi connectivity index (χ0n) is 20.8. The molecule has 1 aromatic rings. The van der Waals surface area contributed by atoms with E-state index in [2.05, 4.69) is 26.0 Å². The number of benzene rings is 1. The second-order valence-corrected chi connectivity index (χ2v) is 11.5. The van der Waals surface area contributed by atoms with Crippen molar-refractivity contribution in [3.8, 4) is 0 Å².